The van der Waals surface area contributed by atoms with Crippen LogP contribution in [0.25, 0.3) is 11.2 Å². The fourth-order valence-corrected chi connectivity index (χ4v) is 2.08. The van der Waals surface area contributed by atoms with E-state index in [1.807, 2.05) is 30.3 Å². The fraction of sp³-hybridized carbons (Fsp3) is 0.200. The first-order valence-electron chi connectivity index (χ1n) is 7.01. The molecule has 2 heterocycles. The molecule has 0 bridgehead atoms. The molecule has 9 heteroatoms. The summed E-state index contributed by atoms with van der Waals surface area (Å²) in [4.78, 5) is 26.9. The van der Waals surface area contributed by atoms with E-state index in [2.05, 4.69) is 30.6 Å². The molecule has 1 aromatic carbocycles. The van der Waals surface area contributed by atoms with Gasteiger partial charge >= 0.3 is 0 Å². The normalized spacial score (nSPS) is 9.83. The Balaban J connectivity index is 0.00000144. The van der Waals surface area contributed by atoms with Crippen molar-refractivity contribution in [3.8, 4) is 0 Å². The van der Waals surface area contributed by atoms with Gasteiger partial charge in [0.2, 0.25) is 5.91 Å². The topological polar surface area (TPSA) is 95.6 Å². The number of H-pyrrole nitrogens is 1. The molecule has 3 N–H and O–H groups in total. The first-order valence-corrected chi connectivity index (χ1v) is 7.01. The Morgan fingerprint density at radius 3 is 2.67 bits per heavy atom. The number of anilines is 1. The van der Waals surface area contributed by atoms with Crippen LogP contribution in [0.2, 0.25) is 0 Å². The lowest BCUT2D eigenvalue weighted by atomic mass is 10.2. The number of aromatic nitrogens is 4. The van der Waals surface area contributed by atoms with Gasteiger partial charge in [0.1, 0.15) is 11.8 Å². The number of halogens is 2. The van der Waals surface area contributed by atoms with Crippen LogP contribution in [0.5, 0.6) is 0 Å². The molecule has 3 rings (SSSR count). The van der Waals surface area contributed by atoms with Crippen molar-refractivity contribution < 1.29 is 4.79 Å². The molecule has 0 saturated carbocycles. The van der Waals surface area contributed by atoms with Gasteiger partial charge in [-0.25, -0.2) is 15.0 Å². The van der Waals surface area contributed by atoms with Crippen molar-refractivity contribution in [3.05, 3.63) is 48.5 Å². The molecular weight excluding hydrogens is 351 g/mol. The molecule has 7 nitrogen and oxygen atoms in total. The Morgan fingerprint density at radius 2 is 1.88 bits per heavy atom. The second-order valence-electron chi connectivity index (χ2n) is 4.78. The minimum atomic E-state index is -0.102. The van der Waals surface area contributed by atoms with Gasteiger partial charge in [-0.2, -0.15) is 0 Å². The SMILES string of the molecule is Cl.Cl.O=C(CCNCc1ccccc1)Nc1ncnc2nc[nH]c12. The van der Waals surface area contributed by atoms with Crippen LogP contribution in [0.15, 0.2) is 43.0 Å². The summed E-state index contributed by atoms with van der Waals surface area (Å²) in [6, 6.07) is 10.1. The maximum atomic E-state index is 11.9. The third-order valence-corrected chi connectivity index (χ3v) is 3.18. The van der Waals surface area contributed by atoms with Crippen molar-refractivity contribution in [2.24, 2.45) is 0 Å². The van der Waals surface area contributed by atoms with Gasteiger partial charge in [0.05, 0.1) is 6.33 Å². The van der Waals surface area contributed by atoms with Gasteiger partial charge in [-0.3, -0.25) is 4.79 Å². The van der Waals surface area contributed by atoms with E-state index in [0.29, 0.717) is 29.9 Å². The Hall–Kier alpha value is -2.22. The third-order valence-electron chi connectivity index (χ3n) is 3.18. The number of amides is 1. The summed E-state index contributed by atoms with van der Waals surface area (Å²) < 4.78 is 0. The molecule has 0 aliphatic carbocycles. The molecule has 0 fully saturated rings. The van der Waals surface area contributed by atoms with E-state index in [1.165, 1.54) is 18.2 Å². The molecule has 128 valence electrons. The largest absolute Gasteiger partial charge is 0.340 e. The highest BCUT2D eigenvalue weighted by molar-refractivity contribution is 5.96. The average molecular weight is 369 g/mol. The number of benzene rings is 1. The molecule has 0 aliphatic rings. The van der Waals surface area contributed by atoms with Crippen LogP contribution in [0.3, 0.4) is 0 Å². The summed E-state index contributed by atoms with van der Waals surface area (Å²) in [7, 11) is 0. The lowest BCUT2D eigenvalue weighted by Gasteiger charge is -2.06. The van der Waals surface area contributed by atoms with Gasteiger partial charge in [-0.05, 0) is 5.56 Å². The van der Waals surface area contributed by atoms with Crippen molar-refractivity contribution in [2.45, 2.75) is 13.0 Å². The first kappa shape index (κ1) is 19.8. The van der Waals surface area contributed by atoms with Crippen molar-refractivity contribution >= 4 is 47.7 Å². The Morgan fingerprint density at radius 1 is 1.08 bits per heavy atom. The zero-order chi connectivity index (χ0) is 15.2. The van der Waals surface area contributed by atoms with Gasteiger partial charge in [0, 0.05) is 19.5 Å². The molecule has 0 spiro atoms. The van der Waals surface area contributed by atoms with E-state index in [-0.39, 0.29) is 30.7 Å². The predicted molar refractivity (Wildman–Crippen MR) is 97.6 cm³/mol. The molecule has 3 aromatic rings. The van der Waals surface area contributed by atoms with E-state index in [0.717, 1.165) is 6.54 Å². The molecular formula is C15H18Cl2N6O. The number of imidazole rings is 1. The second kappa shape index (κ2) is 9.82. The Bertz CT molecular complexity index is 765. The number of hydrogen-bond acceptors (Lipinski definition) is 5. The minimum absolute atomic E-state index is 0. The van der Waals surface area contributed by atoms with Crippen LogP contribution in [-0.2, 0) is 11.3 Å². The van der Waals surface area contributed by atoms with Crippen molar-refractivity contribution in [1.82, 2.24) is 25.3 Å². The van der Waals surface area contributed by atoms with Gasteiger partial charge < -0.3 is 15.6 Å². The lowest BCUT2D eigenvalue weighted by molar-refractivity contribution is -0.116. The molecule has 0 aliphatic heterocycles. The number of hydrogen-bond donors (Lipinski definition) is 3. The molecule has 0 radical (unpaired) electrons. The van der Waals surface area contributed by atoms with Gasteiger partial charge in [0.15, 0.2) is 11.5 Å². The smallest absolute Gasteiger partial charge is 0.226 e. The summed E-state index contributed by atoms with van der Waals surface area (Å²) in [6.07, 6.45) is 3.27. The van der Waals surface area contributed by atoms with Gasteiger partial charge in [-0.15, -0.1) is 24.8 Å². The van der Waals surface area contributed by atoms with E-state index < -0.39 is 0 Å². The van der Waals surface area contributed by atoms with Crippen LogP contribution in [0.1, 0.15) is 12.0 Å². The maximum Gasteiger partial charge on any atom is 0.226 e. The Kier molecular flexibility index (Phi) is 8.11. The second-order valence-corrected chi connectivity index (χ2v) is 4.78. The lowest BCUT2D eigenvalue weighted by Crippen LogP contribution is -2.22. The summed E-state index contributed by atoms with van der Waals surface area (Å²) in [6.45, 7) is 1.34. The van der Waals surface area contributed by atoms with E-state index >= 15 is 0 Å². The number of carbonyl (C=O) groups is 1. The zero-order valence-corrected chi connectivity index (χ0v) is 14.4. The number of fused-ring (bicyclic) bond motifs is 1. The fourth-order valence-electron chi connectivity index (χ4n) is 2.08. The monoisotopic (exact) mass is 368 g/mol. The maximum absolute atomic E-state index is 11.9. The van der Waals surface area contributed by atoms with Crippen LogP contribution < -0.4 is 10.6 Å². The first-order chi connectivity index (χ1) is 10.8. The molecule has 2 aromatic heterocycles. The van der Waals surface area contributed by atoms with E-state index in [1.54, 1.807) is 0 Å². The highest BCUT2D eigenvalue weighted by Crippen LogP contribution is 2.14. The third kappa shape index (κ3) is 5.16. The van der Waals surface area contributed by atoms with Crippen LogP contribution in [0, 0.1) is 0 Å². The standard InChI is InChI=1S/C15H16N6O.2ClH/c22-12(6-7-16-8-11-4-2-1-3-5-11)21-15-13-14(18-9-17-13)19-10-20-15;;/h1-5,9-10,16H,6-8H2,(H2,17,18,19,20,21,22);2*1H. The summed E-state index contributed by atoms with van der Waals surface area (Å²) >= 11 is 0. The average Bonchev–Trinajstić information content (AvgIpc) is 3.02. The molecule has 24 heavy (non-hydrogen) atoms. The summed E-state index contributed by atoms with van der Waals surface area (Å²) in [5.74, 6) is 0.353. The highest BCUT2D eigenvalue weighted by atomic mass is 35.5. The van der Waals surface area contributed by atoms with Crippen molar-refractivity contribution in [2.75, 3.05) is 11.9 Å². The number of nitrogens with one attached hydrogen (secondary N) is 3. The number of rotatable bonds is 6. The number of carbonyl (C=O) groups excluding carboxylic acids is 1. The van der Waals surface area contributed by atoms with Crippen LogP contribution in [0.4, 0.5) is 5.82 Å². The molecule has 1 amide bonds. The van der Waals surface area contributed by atoms with E-state index in [9.17, 15) is 4.79 Å². The van der Waals surface area contributed by atoms with Crippen molar-refractivity contribution in [3.63, 3.8) is 0 Å². The Labute approximate surface area is 151 Å². The quantitative estimate of drug-likeness (QED) is 0.580. The van der Waals surface area contributed by atoms with E-state index in [4.69, 9.17) is 0 Å². The highest BCUT2D eigenvalue weighted by Gasteiger charge is 2.09. The summed E-state index contributed by atoms with van der Waals surface area (Å²) in [5, 5.41) is 6.01. The molecule has 0 unspecified atom stereocenters. The van der Waals surface area contributed by atoms with Crippen LogP contribution in [-0.4, -0.2) is 32.4 Å². The number of aromatic amines is 1. The predicted octanol–water partition coefficient (Wildman–Crippen LogP) is 2.31. The van der Waals surface area contributed by atoms with Crippen LogP contribution >= 0.6 is 24.8 Å². The summed E-state index contributed by atoms with van der Waals surface area (Å²) in [5.41, 5.74) is 2.36. The zero-order valence-electron chi connectivity index (χ0n) is 12.7. The number of nitrogens with zero attached hydrogens (tertiary/aromatic N) is 3. The van der Waals surface area contributed by atoms with Gasteiger partial charge in [-0.1, -0.05) is 30.3 Å². The molecule has 0 saturated heterocycles. The molecule has 0 atom stereocenters. The minimum Gasteiger partial charge on any atom is -0.340 e. The van der Waals surface area contributed by atoms with Crippen molar-refractivity contribution in [1.29, 1.82) is 0 Å². The van der Waals surface area contributed by atoms with Gasteiger partial charge in [0.25, 0.3) is 0 Å².